The second kappa shape index (κ2) is 5.88. The number of carboxylic acid groups (broad SMARTS) is 1. The summed E-state index contributed by atoms with van der Waals surface area (Å²) in [7, 11) is 1.32. The van der Waals surface area contributed by atoms with Crippen molar-refractivity contribution >= 4 is 23.7 Å². The molecule has 0 spiro atoms. The van der Waals surface area contributed by atoms with Crippen LogP contribution in [-0.4, -0.2) is 35.7 Å². The number of hydrogen-bond acceptors (Lipinski definition) is 4. The van der Waals surface area contributed by atoms with Crippen LogP contribution in [0, 0.1) is 5.92 Å². The molecule has 0 radical (unpaired) electrons. The normalized spacial score (nSPS) is 12.2. The first-order chi connectivity index (χ1) is 5.57. The van der Waals surface area contributed by atoms with E-state index in [1.54, 1.807) is 6.92 Å². The molecule has 0 aromatic carbocycles. The molecule has 0 bridgehead atoms. The number of carbonyl (C=O) groups excluding carboxylic acids is 1. The average molecular weight is 192 g/mol. The van der Waals surface area contributed by atoms with Crippen LogP contribution in [0.1, 0.15) is 6.92 Å². The van der Waals surface area contributed by atoms with Crippen LogP contribution >= 0.6 is 11.8 Å². The van der Waals surface area contributed by atoms with Crippen molar-refractivity contribution in [2.75, 3.05) is 18.6 Å². The standard InChI is InChI=1S/C7H12O4S/c1-5(7(10)11-2)3-12-4-6(8)9/h5H,3-4H2,1-2H3,(H,8,9). The molecule has 0 aliphatic carbocycles. The molecule has 0 heterocycles. The summed E-state index contributed by atoms with van der Waals surface area (Å²) in [4.78, 5) is 20.9. The average Bonchev–Trinajstić information content (AvgIpc) is 2.02. The molecule has 1 unspecified atom stereocenters. The molecule has 5 heteroatoms. The molecule has 12 heavy (non-hydrogen) atoms. The van der Waals surface area contributed by atoms with Crippen molar-refractivity contribution in [3.05, 3.63) is 0 Å². The number of carbonyl (C=O) groups is 2. The van der Waals surface area contributed by atoms with Crippen LogP contribution in [0.3, 0.4) is 0 Å². The Morgan fingerprint density at radius 3 is 2.58 bits per heavy atom. The number of thioether (sulfide) groups is 1. The fraction of sp³-hybridized carbons (Fsp3) is 0.714. The van der Waals surface area contributed by atoms with Gasteiger partial charge < -0.3 is 9.84 Å². The lowest BCUT2D eigenvalue weighted by Crippen LogP contribution is -2.15. The van der Waals surface area contributed by atoms with Crippen LogP contribution in [0.15, 0.2) is 0 Å². The van der Waals surface area contributed by atoms with Gasteiger partial charge in [-0.05, 0) is 0 Å². The second-order valence-corrected chi connectivity index (χ2v) is 3.36. The lowest BCUT2D eigenvalue weighted by molar-refractivity contribution is -0.144. The number of rotatable bonds is 5. The summed E-state index contributed by atoms with van der Waals surface area (Å²) in [5, 5.41) is 8.29. The summed E-state index contributed by atoms with van der Waals surface area (Å²) in [5.74, 6) is -0.885. The molecule has 1 N–H and O–H groups in total. The molecule has 0 saturated carbocycles. The fourth-order valence-electron chi connectivity index (χ4n) is 0.592. The van der Waals surface area contributed by atoms with E-state index in [1.807, 2.05) is 0 Å². The first-order valence-electron chi connectivity index (χ1n) is 3.45. The Hall–Kier alpha value is -0.710. The Kier molecular flexibility index (Phi) is 5.53. The molecular formula is C7H12O4S. The summed E-state index contributed by atoms with van der Waals surface area (Å²) in [5.41, 5.74) is 0. The van der Waals surface area contributed by atoms with Gasteiger partial charge in [0.05, 0.1) is 18.8 Å². The number of aliphatic carboxylic acids is 1. The van der Waals surface area contributed by atoms with Gasteiger partial charge in [-0.3, -0.25) is 9.59 Å². The molecule has 0 saturated heterocycles. The van der Waals surface area contributed by atoms with Crippen LogP contribution in [0.5, 0.6) is 0 Å². The van der Waals surface area contributed by atoms with Gasteiger partial charge in [0, 0.05) is 5.75 Å². The molecule has 1 atom stereocenters. The van der Waals surface area contributed by atoms with Gasteiger partial charge in [0.1, 0.15) is 0 Å². The zero-order chi connectivity index (χ0) is 9.56. The maximum atomic E-state index is 10.8. The maximum Gasteiger partial charge on any atom is 0.313 e. The Bertz CT molecular complexity index is 169. The van der Waals surface area contributed by atoms with Crippen molar-refractivity contribution in [1.29, 1.82) is 0 Å². The third kappa shape index (κ3) is 5.01. The molecule has 0 aromatic rings. The number of ether oxygens (including phenoxy) is 1. The lowest BCUT2D eigenvalue weighted by Gasteiger charge is -2.06. The highest BCUT2D eigenvalue weighted by Gasteiger charge is 2.13. The van der Waals surface area contributed by atoms with Gasteiger partial charge in [-0.2, -0.15) is 0 Å². The summed E-state index contributed by atoms with van der Waals surface area (Å²) in [6.07, 6.45) is 0. The third-order valence-corrected chi connectivity index (χ3v) is 2.38. The first kappa shape index (κ1) is 11.3. The number of methoxy groups -OCH3 is 1. The molecule has 0 rings (SSSR count). The summed E-state index contributed by atoms with van der Waals surface area (Å²) < 4.78 is 4.47. The Balaban J connectivity index is 3.50. The second-order valence-electron chi connectivity index (χ2n) is 2.33. The van der Waals surface area contributed by atoms with E-state index < -0.39 is 5.97 Å². The van der Waals surface area contributed by atoms with E-state index >= 15 is 0 Å². The van der Waals surface area contributed by atoms with Crippen LogP contribution < -0.4 is 0 Å². The van der Waals surface area contributed by atoms with Gasteiger partial charge in [0.15, 0.2) is 0 Å². The predicted octanol–water partition coefficient (Wildman–Crippen LogP) is 0.613. The molecule has 0 amide bonds. The maximum absolute atomic E-state index is 10.8. The minimum Gasteiger partial charge on any atom is -0.481 e. The molecule has 0 fully saturated rings. The highest BCUT2D eigenvalue weighted by Crippen LogP contribution is 2.08. The van der Waals surface area contributed by atoms with Gasteiger partial charge in [0.25, 0.3) is 0 Å². The van der Waals surface area contributed by atoms with Crippen molar-refractivity contribution in [1.82, 2.24) is 0 Å². The van der Waals surface area contributed by atoms with Gasteiger partial charge >= 0.3 is 11.9 Å². The van der Waals surface area contributed by atoms with E-state index in [0.29, 0.717) is 5.75 Å². The summed E-state index contributed by atoms with van der Waals surface area (Å²) in [6, 6.07) is 0. The van der Waals surface area contributed by atoms with E-state index in [2.05, 4.69) is 4.74 Å². The molecular weight excluding hydrogens is 180 g/mol. The highest BCUT2D eigenvalue weighted by molar-refractivity contribution is 7.99. The Morgan fingerprint density at radius 2 is 2.17 bits per heavy atom. The Labute approximate surface area is 75.3 Å². The van der Waals surface area contributed by atoms with Crippen molar-refractivity contribution in [3.8, 4) is 0 Å². The van der Waals surface area contributed by atoms with Crippen molar-refractivity contribution in [3.63, 3.8) is 0 Å². The zero-order valence-corrected chi connectivity index (χ0v) is 7.89. The topological polar surface area (TPSA) is 63.6 Å². The number of esters is 1. The third-order valence-electron chi connectivity index (χ3n) is 1.20. The molecule has 0 aliphatic heterocycles. The van der Waals surface area contributed by atoms with Crippen LogP contribution in [0.4, 0.5) is 0 Å². The van der Waals surface area contributed by atoms with Gasteiger partial charge in [-0.15, -0.1) is 11.8 Å². The van der Waals surface area contributed by atoms with Crippen molar-refractivity contribution in [2.24, 2.45) is 5.92 Å². The minimum absolute atomic E-state index is 0.0291. The molecule has 0 aliphatic rings. The van der Waals surface area contributed by atoms with Crippen LogP contribution in [0.2, 0.25) is 0 Å². The van der Waals surface area contributed by atoms with Gasteiger partial charge in [-0.1, -0.05) is 6.92 Å². The number of carboxylic acids is 1. The highest BCUT2D eigenvalue weighted by atomic mass is 32.2. The van der Waals surface area contributed by atoms with E-state index in [0.717, 1.165) is 0 Å². The molecule has 0 aromatic heterocycles. The van der Waals surface area contributed by atoms with Crippen molar-refractivity contribution in [2.45, 2.75) is 6.92 Å². The molecule has 4 nitrogen and oxygen atoms in total. The largest absolute Gasteiger partial charge is 0.481 e. The summed E-state index contributed by atoms with van der Waals surface area (Å²) in [6.45, 7) is 1.71. The monoisotopic (exact) mass is 192 g/mol. The Morgan fingerprint density at radius 1 is 1.58 bits per heavy atom. The van der Waals surface area contributed by atoms with E-state index in [1.165, 1.54) is 18.9 Å². The predicted molar refractivity (Wildman–Crippen MR) is 46.1 cm³/mol. The number of hydrogen-bond donors (Lipinski definition) is 1. The lowest BCUT2D eigenvalue weighted by atomic mass is 10.2. The molecule has 70 valence electrons. The first-order valence-corrected chi connectivity index (χ1v) is 4.60. The zero-order valence-electron chi connectivity index (χ0n) is 7.07. The van der Waals surface area contributed by atoms with Gasteiger partial charge in [0.2, 0.25) is 0 Å². The quantitative estimate of drug-likeness (QED) is 0.647. The summed E-state index contributed by atoms with van der Waals surface area (Å²) >= 11 is 1.21. The van der Waals surface area contributed by atoms with E-state index in [-0.39, 0.29) is 17.6 Å². The van der Waals surface area contributed by atoms with Crippen molar-refractivity contribution < 1.29 is 19.4 Å². The van der Waals surface area contributed by atoms with E-state index in [4.69, 9.17) is 5.11 Å². The van der Waals surface area contributed by atoms with Crippen LogP contribution in [0.25, 0.3) is 0 Å². The smallest absolute Gasteiger partial charge is 0.313 e. The SMILES string of the molecule is COC(=O)C(C)CSCC(=O)O. The van der Waals surface area contributed by atoms with Gasteiger partial charge in [-0.25, -0.2) is 0 Å². The van der Waals surface area contributed by atoms with E-state index in [9.17, 15) is 9.59 Å². The minimum atomic E-state index is -0.864. The fourth-order valence-corrected chi connectivity index (χ4v) is 1.37. The van der Waals surface area contributed by atoms with Crippen LogP contribution in [-0.2, 0) is 14.3 Å².